The maximum absolute atomic E-state index is 12.5. The first-order valence-corrected chi connectivity index (χ1v) is 9.52. The summed E-state index contributed by atoms with van der Waals surface area (Å²) in [5, 5.41) is 14.9. The lowest BCUT2D eigenvalue weighted by molar-refractivity contribution is -0.121. The van der Waals surface area contributed by atoms with Crippen LogP contribution in [0.5, 0.6) is 0 Å². The minimum absolute atomic E-state index is 0.0345. The molecule has 0 radical (unpaired) electrons. The van der Waals surface area contributed by atoms with Gasteiger partial charge in [0, 0.05) is 24.8 Å². The van der Waals surface area contributed by atoms with E-state index >= 15 is 0 Å². The predicted molar refractivity (Wildman–Crippen MR) is 99.5 cm³/mol. The lowest BCUT2D eigenvalue weighted by Crippen LogP contribution is -2.50. The van der Waals surface area contributed by atoms with E-state index in [1.807, 2.05) is 0 Å². The van der Waals surface area contributed by atoms with Gasteiger partial charge in [-0.3, -0.25) is 4.79 Å². The summed E-state index contributed by atoms with van der Waals surface area (Å²) in [4.78, 5) is 26.8. The molecule has 3 amide bonds. The van der Waals surface area contributed by atoms with Gasteiger partial charge in [-0.2, -0.15) is 5.26 Å². The second-order valence-electron chi connectivity index (χ2n) is 7.25. The van der Waals surface area contributed by atoms with E-state index in [9.17, 15) is 9.59 Å². The highest BCUT2D eigenvalue weighted by atomic mass is 16.2. The van der Waals surface area contributed by atoms with Gasteiger partial charge in [0.25, 0.3) is 0 Å². The molecule has 1 atom stereocenters. The van der Waals surface area contributed by atoms with Crippen molar-refractivity contribution in [3.05, 3.63) is 29.8 Å². The van der Waals surface area contributed by atoms with Crippen molar-refractivity contribution < 1.29 is 9.59 Å². The molecule has 0 bridgehead atoms. The first-order valence-electron chi connectivity index (χ1n) is 9.52. The molecule has 1 aromatic rings. The van der Waals surface area contributed by atoms with Gasteiger partial charge in [-0.15, -0.1) is 0 Å². The van der Waals surface area contributed by atoms with Gasteiger partial charge in [0.1, 0.15) is 0 Å². The fraction of sp³-hybridized carbons (Fsp3) is 0.550. The number of carbonyl (C=O) groups excluding carboxylic acids is 2. The number of amides is 3. The molecular weight excluding hydrogens is 328 g/mol. The van der Waals surface area contributed by atoms with Gasteiger partial charge in [0.2, 0.25) is 5.91 Å². The molecule has 1 saturated heterocycles. The van der Waals surface area contributed by atoms with Gasteiger partial charge in [-0.1, -0.05) is 19.3 Å². The highest BCUT2D eigenvalue weighted by molar-refractivity contribution is 5.93. The second-order valence-corrected chi connectivity index (χ2v) is 7.25. The van der Waals surface area contributed by atoms with E-state index in [0.717, 1.165) is 25.7 Å². The Kier molecular flexibility index (Phi) is 6.11. The van der Waals surface area contributed by atoms with E-state index in [4.69, 9.17) is 5.26 Å². The van der Waals surface area contributed by atoms with Crippen molar-refractivity contribution in [2.75, 3.05) is 18.4 Å². The van der Waals surface area contributed by atoms with Crippen LogP contribution in [0.3, 0.4) is 0 Å². The van der Waals surface area contributed by atoms with Crippen LogP contribution < -0.4 is 10.6 Å². The van der Waals surface area contributed by atoms with Crippen LogP contribution in [0.1, 0.15) is 50.5 Å². The Morgan fingerprint density at radius 3 is 2.46 bits per heavy atom. The smallest absolute Gasteiger partial charge is 0.317 e. The lowest BCUT2D eigenvalue weighted by Gasteiger charge is -2.34. The quantitative estimate of drug-likeness (QED) is 0.874. The molecule has 1 saturated carbocycles. The highest BCUT2D eigenvalue weighted by Gasteiger charge is 2.29. The molecule has 1 aliphatic carbocycles. The Hall–Kier alpha value is -2.55. The van der Waals surface area contributed by atoms with Crippen LogP contribution in [-0.4, -0.2) is 36.0 Å². The first-order chi connectivity index (χ1) is 12.7. The van der Waals surface area contributed by atoms with Gasteiger partial charge < -0.3 is 15.5 Å². The van der Waals surface area contributed by atoms with Crippen LogP contribution in [0.2, 0.25) is 0 Å². The minimum atomic E-state index is -0.198. The number of piperidine rings is 1. The molecule has 1 aromatic carbocycles. The number of rotatable bonds is 3. The average Bonchev–Trinajstić information content (AvgIpc) is 2.69. The Morgan fingerprint density at radius 2 is 1.77 bits per heavy atom. The number of nitrogens with zero attached hydrogens (tertiary/aromatic N) is 2. The van der Waals surface area contributed by atoms with Gasteiger partial charge in [-0.05, 0) is 49.9 Å². The number of nitrogens with one attached hydrogen (secondary N) is 2. The topological polar surface area (TPSA) is 85.2 Å². The molecule has 1 aliphatic heterocycles. The molecule has 0 aromatic heterocycles. The van der Waals surface area contributed by atoms with Crippen LogP contribution in [0, 0.1) is 17.2 Å². The zero-order chi connectivity index (χ0) is 18.4. The number of hydrogen-bond acceptors (Lipinski definition) is 3. The predicted octanol–water partition coefficient (Wildman–Crippen LogP) is 3.25. The van der Waals surface area contributed by atoms with Crippen molar-refractivity contribution in [3.63, 3.8) is 0 Å². The minimum Gasteiger partial charge on any atom is -0.335 e. The van der Waals surface area contributed by atoms with Crippen LogP contribution in [0.4, 0.5) is 10.5 Å². The summed E-state index contributed by atoms with van der Waals surface area (Å²) in [5.74, 6) is -0.263. The van der Waals surface area contributed by atoms with Crippen LogP contribution in [0.15, 0.2) is 24.3 Å². The molecule has 0 spiro atoms. The summed E-state index contributed by atoms with van der Waals surface area (Å²) in [5.41, 5.74) is 1.24. The maximum Gasteiger partial charge on any atom is 0.317 e. The van der Waals surface area contributed by atoms with E-state index in [0.29, 0.717) is 24.3 Å². The number of urea groups is 1. The van der Waals surface area contributed by atoms with Crippen molar-refractivity contribution in [2.45, 2.75) is 51.0 Å². The zero-order valence-electron chi connectivity index (χ0n) is 15.0. The van der Waals surface area contributed by atoms with E-state index in [2.05, 4.69) is 16.7 Å². The molecule has 2 aliphatic rings. The standard InChI is InChI=1S/C20H26N4O2/c21-13-15-8-10-18(11-9-15)22-19(25)16-5-4-12-24(14-16)20(26)23-17-6-2-1-3-7-17/h8-11,16-17H,1-7,12,14H2,(H,22,25)(H,23,26)/t16-/m0/s1. The molecule has 6 nitrogen and oxygen atoms in total. The number of anilines is 1. The summed E-state index contributed by atoms with van der Waals surface area (Å²) in [7, 11) is 0. The summed E-state index contributed by atoms with van der Waals surface area (Å²) in [6.07, 6.45) is 7.36. The SMILES string of the molecule is N#Cc1ccc(NC(=O)[C@H]2CCCN(C(=O)NC3CCCCC3)C2)cc1. The van der Waals surface area contributed by atoms with E-state index in [1.165, 1.54) is 19.3 Å². The van der Waals surface area contributed by atoms with E-state index in [1.54, 1.807) is 29.2 Å². The first kappa shape index (κ1) is 18.2. The van der Waals surface area contributed by atoms with Crippen molar-refractivity contribution in [2.24, 2.45) is 5.92 Å². The molecule has 3 rings (SSSR count). The normalized spacial score (nSPS) is 20.9. The van der Waals surface area contributed by atoms with Gasteiger partial charge in [0.05, 0.1) is 17.6 Å². The van der Waals surface area contributed by atoms with Gasteiger partial charge >= 0.3 is 6.03 Å². The number of hydrogen-bond donors (Lipinski definition) is 2. The van der Waals surface area contributed by atoms with Crippen molar-refractivity contribution in [3.8, 4) is 6.07 Å². The number of likely N-dealkylation sites (tertiary alicyclic amines) is 1. The maximum atomic E-state index is 12.5. The number of benzene rings is 1. The Morgan fingerprint density at radius 1 is 1.04 bits per heavy atom. The molecule has 6 heteroatoms. The van der Waals surface area contributed by atoms with E-state index < -0.39 is 0 Å². The van der Waals surface area contributed by atoms with Crippen LogP contribution in [-0.2, 0) is 4.79 Å². The van der Waals surface area contributed by atoms with Crippen molar-refractivity contribution in [1.82, 2.24) is 10.2 Å². The summed E-state index contributed by atoms with van der Waals surface area (Å²) >= 11 is 0. The summed E-state index contributed by atoms with van der Waals surface area (Å²) < 4.78 is 0. The third-order valence-electron chi connectivity index (χ3n) is 5.29. The number of nitriles is 1. The van der Waals surface area contributed by atoms with Crippen LogP contribution in [0.25, 0.3) is 0 Å². The monoisotopic (exact) mass is 354 g/mol. The Balaban J connectivity index is 1.52. The van der Waals surface area contributed by atoms with Gasteiger partial charge in [-0.25, -0.2) is 4.79 Å². The molecule has 2 fully saturated rings. The second kappa shape index (κ2) is 8.70. The molecule has 2 N–H and O–H groups in total. The highest BCUT2D eigenvalue weighted by Crippen LogP contribution is 2.21. The molecule has 1 heterocycles. The van der Waals surface area contributed by atoms with Crippen molar-refractivity contribution in [1.29, 1.82) is 5.26 Å². The molecule has 138 valence electrons. The molecule has 26 heavy (non-hydrogen) atoms. The Labute approximate surface area is 154 Å². The lowest BCUT2D eigenvalue weighted by atomic mass is 9.95. The number of carbonyl (C=O) groups is 2. The van der Waals surface area contributed by atoms with E-state index in [-0.39, 0.29) is 23.9 Å². The fourth-order valence-corrected chi connectivity index (χ4v) is 3.76. The fourth-order valence-electron chi connectivity index (χ4n) is 3.76. The molecular formula is C20H26N4O2. The Bertz CT molecular complexity index is 674. The van der Waals surface area contributed by atoms with Crippen molar-refractivity contribution >= 4 is 17.6 Å². The summed E-state index contributed by atoms with van der Waals surface area (Å²) in [6.45, 7) is 1.17. The third-order valence-corrected chi connectivity index (χ3v) is 5.29. The largest absolute Gasteiger partial charge is 0.335 e. The zero-order valence-corrected chi connectivity index (χ0v) is 15.0. The average molecular weight is 354 g/mol. The third kappa shape index (κ3) is 4.75. The summed E-state index contributed by atoms with van der Waals surface area (Å²) in [6, 6.07) is 9.13. The molecule has 0 unspecified atom stereocenters. The van der Waals surface area contributed by atoms with Crippen LogP contribution >= 0.6 is 0 Å². The van der Waals surface area contributed by atoms with Gasteiger partial charge in [0.15, 0.2) is 0 Å².